The number of nitrogens with one attached hydrogen (secondary N) is 1. The van der Waals surface area contributed by atoms with Gasteiger partial charge in [-0.3, -0.25) is 14.5 Å². The van der Waals surface area contributed by atoms with Crippen molar-refractivity contribution in [2.24, 2.45) is 4.99 Å². The topological polar surface area (TPSA) is 113 Å². The molecule has 9 nitrogen and oxygen atoms in total. The molecule has 1 aliphatic heterocycles. The predicted molar refractivity (Wildman–Crippen MR) is 117 cm³/mol. The zero-order valence-corrected chi connectivity index (χ0v) is 17.4. The summed E-state index contributed by atoms with van der Waals surface area (Å²) in [7, 11) is 0. The van der Waals surface area contributed by atoms with E-state index in [1.54, 1.807) is 21.7 Å². The Morgan fingerprint density at radius 1 is 1.35 bits per heavy atom. The molecule has 1 saturated heterocycles. The van der Waals surface area contributed by atoms with Gasteiger partial charge in [0.25, 0.3) is 0 Å². The molecule has 1 amide bonds. The number of imidazole rings is 1. The molecule has 0 spiro atoms. The molecule has 0 unspecified atom stereocenters. The van der Waals surface area contributed by atoms with Crippen molar-refractivity contribution in [3.63, 3.8) is 0 Å². The molecule has 0 aromatic carbocycles. The van der Waals surface area contributed by atoms with Gasteiger partial charge in [-0.25, -0.2) is 14.6 Å². The van der Waals surface area contributed by atoms with Gasteiger partial charge in [-0.1, -0.05) is 12.6 Å². The fraction of sp³-hybridized carbons (Fsp3) is 0.455. The normalized spacial score (nSPS) is 21.8. The van der Waals surface area contributed by atoms with Crippen LogP contribution in [0.2, 0.25) is 0 Å². The van der Waals surface area contributed by atoms with E-state index in [2.05, 4.69) is 28.3 Å². The van der Waals surface area contributed by atoms with Gasteiger partial charge in [0.15, 0.2) is 11.9 Å². The molecule has 1 aliphatic carbocycles. The number of likely N-dealkylation sites (tertiary alicyclic amines) is 1. The summed E-state index contributed by atoms with van der Waals surface area (Å²) in [4.78, 5) is 37.8. The summed E-state index contributed by atoms with van der Waals surface area (Å²) in [5.41, 5.74) is 1.98. The summed E-state index contributed by atoms with van der Waals surface area (Å²) in [5, 5.41) is 10.5. The van der Waals surface area contributed by atoms with Gasteiger partial charge < -0.3 is 14.7 Å². The lowest BCUT2D eigenvalue weighted by Crippen LogP contribution is -2.42. The van der Waals surface area contributed by atoms with Crippen molar-refractivity contribution in [1.82, 2.24) is 19.4 Å². The van der Waals surface area contributed by atoms with E-state index in [0.29, 0.717) is 49.6 Å². The number of aryl methyl sites for hydroxylation is 1. The number of aliphatic hydroxyl groups is 1. The number of hydrogen-bond donors (Lipinski definition) is 2. The number of hydrogen-bond acceptors (Lipinski definition) is 6. The number of piperidine rings is 1. The van der Waals surface area contributed by atoms with E-state index in [9.17, 15) is 14.7 Å². The Hall–Kier alpha value is -3.20. The van der Waals surface area contributed by atoms with E-state index >= 15 is 0 Å². The molecule has 0 saturated carbocycles. The van der Waals surface area contributed by atoms with Crippen molar-refractivity contribution in [3.05, 3.63) is 52.3 Å². The summed E-state index contributed by atoms with van der Waals surface area (Å²) in [6.45, 7) is 8.12. The van der Waals surface area contributed by atoms with Crippen LogP contribution in [-0.2, 0) is 11.2 Å². The lowest BCUT2D eigenvalue weighted by Gasteiger charge is -2.33. The molecule has 0 radical (unpaired) electrons. The molecule has 2 aromatic rings. The first-order valence-corrected chi connectivity index (χ1v) is 10.5. The molecule has 2 N–H and O–H groups in total. The lowest BCUT2D eigenvalue weighted by atomic mass is 10.0. The van der Waals surface area contributed by atoms with Crippen LogP contribution in [0, 0.1) is 0 Å². The standard InChI is InChI=1S/C22H27N5O4/c1-3-16-20(23-2)25-21(29)27(16)15-9-12-26(13-10-15)22(30)31-19-17(28)8-4-6-14-7-5-11-24-18(14)19/h3,5,7,11,15,17,19,28H,1-2,4,6,8-10,12-13H2,(H,25,29)/t17-,19-/m1/s1. The number of carbonyl (C=O) groups excluding carboxylic acids is 1. The van der Waals surface area contributed by atoms with Crippen LogP contribution in [0.5, 0.6) is 0 Å². The Balaban J connectivity index is 1.45. The first-order chi connectivity index (χ1) is 15.0. The van der Waals surface area contributed by atoms with E-state index in [4.69, 9.17) is 4.74 Å². The van der Waals surface area contributed by atoms with Gasteiger partial charge in [-0.15, -0.1) is 0 Å². The molecule has 3 heterocycles. The minimum absolute atomic E-state index is 0.0813. The molecule has 9 heteroatoms. The number of H-pyrrole nitrogens is 1. The third-order valence-corrected chi connectivity index (χ3v) is 6.10. The highest BCUT2D eigenvalue weighted by atomic mass is 16.6. The van der Waals surface area contributed by atoms with Gasteiger partial charge in [0.2, 0.25) is 0 Å². The second-order valence-corrected chi connectivity index (χ2v) is 7.93. The fourth-order valence-corrected chi connectivity index (χ4v) is 4.50. The smallest absolute Gasteiger partial charge is 0.410 e. The highest BCUT2D eigenvalue weighted by molar-refractivity contribution is 5.68. The highest BCUT2D eigenvalue weighted by Gasteiger charge is 2.34. The summed E-state index contributed by atoms with van der Waals surface area (Å²) in [6.07, 6.45) is 4.56. The van der Waals surface area contributed by atoms with E-state index in [0.717, 1.165) is 18.4 Å². The average Bonchev–Trinajstić information content (AvgIpc) is 3.04. The first-order valence-electron chi connectivity index (χ1n) is 10.5. The minimum atomic E-state index is -0.781. The highest BCUT2D eigenvalue weighted by Crippen LogP contribution is 2.32. The van der Waals surface area contributed by atoms with E-state index < -0.39 is 18.3 Å². The van der Waals surface area contributed by atoms with E-state index in [-0.39, 0.29) is 11.7 Å². The molecular weight excluding hydrogens is 398 g/mol. The number of fused-ring (bicyclic) bond motifs is 1. The van der Waals surface area contributed by atoms with Crippen LogP contribution >= 0.6 is 0 Å². The Morgan fingerprint density at radius 2 is 2.13 bits per heavy atom. The minimum Gasteiger partial charge on any atom is -0.437 e. The number of carbonyl (C=O) groups is 1. The predicted octanol–water partition coefficient (Wildman–Crippen LogP) is 2.76. The third kappa shape index (κ3) is 4.05. The molecule has 4 rings (SSSR count). The molecular formula is C22H27N5O4. The van der Waals surface area contributed by atoms with Crippen LogP contribution in [0.3, 0.4) is 0 Å². The second-order valence-electron chi connectivity index (χ2n) is 7.93. The molecule has 164 valence electrons. The third-order valence-electron chi connectivity index (χ3n) is 6.10. The monoisotopic (exact) mass is 425 g/mol. The Morgan fingerprint density at radius 3 is 2.84 bits per heavy atom. The molecule has 2 aromatic heterocycles. The van der Waals surface area contributed by atoms with Gasteiger partial charge in [-0.2, -0.15) is 0 Å². The number of rotatable bonds is 4. The van der Waals surface area contributed by atoms with Crippen LogP contribution in [0.1, 0.15) is 54.8 Å². The van der Waals surface area contributed by atoms with Crippen LogP contribution < -0.4 is 5.69 Å². The summed E-state index contributed by atoms with van der Waals surface area (Å²) in [6, 6.07) is 3.74. The number of aliphatic hydroxyl groups excluding tert-OH is 1. The average molecular weight is 425 g/mol. The molecule has 1 fully saturated rings. The SMILES string of the molecule is C=Cc1c(N=C)[nH]c(=O)n1C1CCN(C(=O)O[C@H]2c3ncccc3CCC[C@H]2O)CC1. The maximum atomic E-state index is 12.9. The van der Waals surface area contributed by atoms with Gasteiger partial charge in [0.05, 0.1) is 17.5 Å². The quantitative estimate of drug-likeness (QED) is 0.578. The zero-order valence-electron chi connectivity index (χ0n) is 17.4. The fourth-order valence-electron chi connectivity index (χ4n) is 4.50. The molecule has 31 heavy (non-hydrogen) atoms. The Labute approximate surface area is 180 Å². The van der Waals surface area contributed by atoms with Crippen LogP contribution in [-0.4, -0.2) is 56.5 Å². The van der Waals surface area contributed by atoms with E-state index in [1.165, 1.54) is 0 Å². The zero-order chi connectivity index (χ0) is 22.0. The largest absolute Gasteiger partial charge is 0.437 e. The molecule has 0 bridgehead atoms. The van der Waals surface area contributed by atoms with Gasteiger partial charge in [0.1, 0.15) is 0 Å². The Bertz CT molecular complexity index is 1030. The number of aromatic nitrogens is 3. The Kier molecular flexibility index (Phi) is 6.03. The first kappa shape index (κ1) is 21.0. The summed E-state index contributed by atoms with van der Waals surface area (Å²) >= 11 is 0. The maximum Gasteiger partial charge on any atom is 0.410 e. The number of ether oxygens (including phenoxy) is 1. The second kappa shape index (κ2) is 8.89. The number of nitrogens with zero attached hydrogens (tertiary/aromatic N) is 4. The van der Waals surface area contributed by atoms with Gasteiger partial charge in [-0.05, 0) is 56.5 Å². The van der Waals surface area contributed by atoms with Crippen molar-refractivity contribution in [2.45, 2.75) is 50.4 Å². The van der Waals surface area contributed by atoms with Gasteiger partial charge >= 0.3 is 11.8 Å². The summed E-state index contributed by atoms with van der Waals surface area (Å²) in [5.74, 6) is 0.398. The lowest BCUT2D eigenvalue weighted by molar-refractivity contribution is -0.0202. The van der Waals surface area contributed by atoms with Gasteiger partial charge in [0, 0.05) is 25.3 Å². The number of aromatic amines is 1. The van der Waals surface area contributed by atoms with Crippen molar-refractivity contribution < 1.29 is 14.6 Å². The van der Waals surface area contributed by atoms with Crippen molar-refractivity contribution in [2.75, 3.05) is 13.1 Å². The van der Waals surface area contributed by atoms with Crippen molar-refractivity contribution in [3.8, 4) is 0 Å². The molecule has 2 atom stereocenters. The van der Waals surface area contributed by atoms with Crippen molar-refractivity contribution >= 4 is 24.7 Å². The van der Waals surface area contributed by atoms with Crippen molar-refractivity contribution in [1.29, 1.82) is 0 Å². The van der Waals surface area contributed by atoms with E-state index in [1.807, 2.05) is 12.1 Å². The van der Waals surface area contributed by atoms with Crippen LogP contribution in [0.15, 0.2) is 34.7 Å². The van der Waals surface area contributed by atoms with Crippen LogP contribution in [0.25, 0.3) is 6.08 Å². The maximum absolute atomic E-state index is 12.9. The number of aliphatic imine (C=N–C) groups is 1. The van der Waals surface area contributed by atoms with Crippen LogP contribution in [0.4, 0.5) is 10.6 Å². The summed E-state index contributed by atoms with van der Waals surface area (Å²) < 4.78 is 7.37. The number of pyridine rings is 1. The molecule has 2 aliphatic rings. The number of amides is 1.